The van der Waals surface area contributed by atoms with E-state index < -0.39 is 6.10 Å². The Balaban J connectivity index is 2.50. The molecule has 0 aliphatic rings. The zero-order chi connectivity index (χ0) is 12.8. The molecule has 17 heavy (non-hydrogen) atoms. The number of halogens is 1. The van der Waals surface area contributed by atoms with Crippen LogP contribution in [0.1, 0.15) is 30.8 Å². The molecule has 1 aromatic heterocycles. The Morgan fingerprint density at radius 1 is 1.59 bits per heavy atom. The Morgan fingerprint density at radius 3 is 2.88 bits per heavy atom. The predicted octanol–water partition coefficient (Wildman–Crippen LogP) is 1.98. The minimum Gasteiger partial charge on any atom is -0.391 e. The first-order valence-corrected chi connectivity index (χ1v) is 6.42. The predicted molar refractivity (Wildman–Crippen MR) is 69.7 cm³/mol. The summed E-state index contributed by atoms with van der Waals surface area (Å²) < 4.78 is 0.618. The van der Waals surface area contributed by atoms with E-state index in [1.54, 1.807) is 18.2 Å². The first-order valence-electron chi connectivity index (χ1n) is 5.63. The lowest BCUT2D eigenvalue weighted by Gasteiger charge is -2.17. The lowest BCUT2D eigenvalue weighted by atomic mass is 10.0. The van der Waals surface area contributed by atoms with Crippen LogP contribution in [-0.2, 0) is 0 Å². The zero-order valence-electron chi connectivity index (χ0n) is 9.98. The van der Waals surface area contributed by atoms with Gasteiger partial charge >= 0.3 is 0 Å². The van der Waals surface area contributed by atoms with Gasteiger partial charge in [-0.25, -0.2) is 4.98 Å². The molecule has 4 nitrogen and oxygen atoms in total. The molecular formula is C12H17BrN2O2. The third-order valence-corrected chi connectivity index (χ3v) is 3.16. The molecule has 0 aliphatic carbocycles. The van der Waals surface area contributed by atoms with Crippen molar-refractivity contribution in [2.45, 2.75) is 26.4 Å². The lowest BCUT2D eigenvalue weighted by Crippen LogP contribution is -2.35. The molecule has 0 spiro atoms. The largest absolute Gasteiger partial charge is 0.391 e. The van der Waals surface area contributed by atoms with E-state index >= 15 is 0 Å². The highest BCUT2D eigenvalue weighted by Crippen LogP contribution is 2.08. The van der Waals surface area contributed by atoms with E-state index in [9.17, 15) is 9.90 Å². The van der Waals surface area contributed by atoms with Crippen LogP contribution in [0.4, 0.5) is 0 Å². The molecule has 0 radical (unpaired) electrons. The van der Waals surface area contributed by atoms with Gasteiger partial charge in [0.1, 0.15) is 10.3 Å². The molecular weight excluding hydrogens is 284 g/mol. The highest BCUT2D eigenvalue weighted by atomic mass is 79.9. The number of nitrogens with one attached hydrogen (secondary N) is 1. The van der Waals surface area contributed by atoms with Crippen LogP contribution < -0.4 is 5.32 Å². The number of aliphatic hydroxyl groups excluding tert-OH is 1. The van der Waals surface area contributed by atoms with Gasteiger partial charge in [-0.1, -0.05) is 26.3 Å². The maximum Gasteiger partial charge on any atom is 0.270 e. The number of rotatable bonds is 5. The smallest absolute Gasteiger partial charge is 0.270 e. The van der Waals surface area contributed by atoms with Gasteiger partial charge in [-0.15, -0.1) is 0 Å². The number of hydrogen-bond acceptors (Lipinski definition) is 3. The number of pyridine rings is 1. The Hall–Kier alpha value is -0.940. The summed E-state index contributed by atoms with van der Waals surface area (Å²) in [7, 11) is 0. The highest BCUT2D eigenvalue weighted by molar-refractivity contribution is 9.10. The minimum absolute atomic E-state index is 0.172. The third-order valence-electron chi connectivity index (χ3n) is 2.72. The van der Waals surface area contributed by atoms with Crippen molar-refractivity contribution in [1.82, 2.24) is 10.3 Å². The highest BCUT2D eigenvalue weighted by Gasteiger charge is 2.14. The molecule has 0 fully saturated rings. The molecule has 0 saturated heterocycles. The summed E-state index contributed by atoms with van der Waals surface area (Å²) in [5.41, 5.74) is 0.343. The van der Waals surface area contributed by atoms with Crippen LogP contribution in [0, 0.1) is 5.92 Å². The summed E-state index contributed by atoms with van der Waals surface area (Å²) in [6, 6.07) is 5.14. The fourth-order valence-corrected chi connectivity index (χ4v) is 1.64. The summed E-state index contributed by atoms with van der Waals surface area (Å²) in [4.78, 5) is 15.7. The van der Waals surface area contributed by atoms with Crippen LogP contribution in [0.3, 0.4) is 0 Å². The van der Waals surface area contributed by atoms with Crippen molar-refractivity contribution in [2.75, 3.05) is 6.54 Å². The van der Waals surface area contributed by atoms with Gasteiger partial charge in [-0.3, -0.25) is 4.79 Å². The molecule has 0 bridgehead atoms. The second kappa shape index (κ2) is 6.71. The minimum atomic E-state index is -0.517. The van der Waals surface area contributed by atoms with Gasteiger partial charge in [-0.2, -0.15) is 0 Å². The van der Waals surface area contributed by atoms with Crippen molar-refractivity contribution in [3.8, 4) is 0 Å². The van der Waals surface area contributed by atoms with E-state index in [1.165, 1.54) is 0 Å². The van der Waals surface area contributed by atoms with Crippen LogP contribution in [0.25, 0.3) is 0 Å². The average molecular weight is 301 g/mol. The zero-order valence-corrected chi connectivity index (χ0v) is 11.6. The van der Waals surface area contributed by atoms with E-state index in [4.69, 9.17) is 0 Å². The molecule has 1 rings (SSSR count). The summed E-state index contributed by atoms with van der Waals surface area (Å²) in [5.74, 6) is -0.0978. The van der Waals surface area contributed by atoms with Gasteiger partial charge in [-0.05, 0) is 34.0 Å². The molecule has 2 unspecified atom stereocenters. The number of aliphatic hydroxyl groups is 1. The molecule has 1 heterocycles. The lowest BCUT2D eigenvalue weighted by molar-refractivity contribution is 0.0846. The number of nitrogens with zero attached hydrogens (tertiary/aromatic N) is 1. The third kappa shape index (κ3) is 4.44. The molecule has 0 saturated carbocycles. The van der Waals surface area contributed by atoms with Crippen molar-refractivity contribution in [3.63, 3.8) is 0 Å². The number of hydrogen-bond donors (Lipinski definition) is 2. The summed E-state index contributed by atoms with van der Waals surface area (Å²) >= 11 is 3.20. The van der Waals surface area contributed by atoms with Crippen LogP contribution in [0.5, 0.6) is 0 Å². The van der Waals surface area contributed by atoms with E-state index in [0.717, 1.165) is 6.42 Å². The second-order valence-corrected chi connectivity index (χ2v) is 4.82. The summed E-state index contributed by atoms with van der Waals surface area (Å²) in [5, 5.41) is 12.4. The maximum absolute atomic E-state index is 11.7. The van der Waals surface area contributed by atoms with E-state index in [2.05, 4.69) is 26.2 Å². The van der Waals surface area contributed by atoms with Crippen LogP contribution >= 0.6 is 15.9 Å². The first kappa shape index (κ1) is 14.1. The molecule has 5 heteroatoms. The summed E-state index contributed by atoms with van der Waals surface area (Å²) in [6.45, 7) is 4.21. The number of aromatic nitrogens is 1. The standard InChI is InChI=1S/C12H17BrN2O2/c1-3-8(2)10(16)7-14-12(17)9-5-4-6-11(13)15-9/h4-6,8,10,16H,3,7H2,1-2H3,(H,14,17). The fourth-order valence-electron chi connectivity index (χ4n) is 1.30. The first-order chi connectivity index (χ1) is 8.04. The van der Waals surface area contributed by atoms with Gasteiger partial charge in [0.15, 0.2) is 0 Å². The molecule has 0 aliphatic heterocycles. The molecule has 1 aromatic rings. The number of carbonyl (C=O) groups is 1. The topological polar surface area (TPSA) is 62.2 Å². The van der Waals surface area contributed by atoms with Crippen LogP contribution in [0.15, 0.2) is 22.8 Å². The molecule has 2 atom stereocenters. The van der Waals surface area contributed by atoms with Gasteiger partial charge in [0.2, 0.25) is 0 Å². The maximum atomic E-state index is 11.7. The van der Waals surface area contributed by atoms with Crippen molar-refractivity contribution in [3.05, 3.63) is 28.5 Å². The van der Waals surface area contributed by atoms with E-state index in [0.29, 0.717) is 10.3 Å². The molecule has 94 valence electrons. The molecule has 2 N–H and O–H groups in total. The number of amides is 1. The van der Waals surface area contributed by atoms with Crippen molar-refractivity contribution >= 4 is 21.8 Å². The Kier molecular flexibility index (Phi) is 5.58. The van der Waals surface area contributed by atoms with Gasteiger partial charge < -0.3 is 10.4 Å². The van der Waals surface area contributed by atoms with Crippen LogP contribution in [0.2, 0.25) is 0 Å². The average Bonchev–Trinajstić information content (AvgIpc) is 2.34. The van der Waals surface area contributed by atoms with Gasteiger partial charge in [0.05, 0.1) is 6.10 Å². The summed E-state index contributed by atoms with van der Waals surface area (Å²) in [6.07, 6.45) is 0.364. The Labute approximate surface area is 110 Å². The van der Waals surface area contributed by atoms with Gasteiger partial charge in [0.25, 0.3) is 5.91 Å². The van der Waals surface area contributed by atoms with Crippen molar-refractivity contribution in [2.24, 2.45) is 5.92 Å². The van der Waals surface area contributed by atoms with Gasteiger partial charge in [0, 0.05) is 6.54 Å². The van der Waals surface area contributed by atoms with E-state index in [1.807, 2.05) is 13.8 Å². The number of carbonyl (C=O) groups excluding carboxylic acids is 1. The van der Waals surface area contributed by atoms with Crippen molar-refractivity contribution in [1.29, 1.82) is 0 Å². The second-order valence-electron chi connectivity index (χ2n) is 4.01. The quantitative estimate of drug-likeness (QED) is 0.818. The molecule has 0 aromatic carbocycles. The van der Waals surface area contributed by atoms with Crippen molar-refractivity contribution < 1.29 is 9.90 Å². The Bertz CT molecular complexity index is 385. The van der Waals surface area contributed by atoms with Crippen LogP contribution in [-0.4, -0.2) is 28.6 Å². The monoisotopic (exact) mass is 300 g/mol. The fraction of sp³-hybridized carbons (Fsp3) is 0.500. The Morgan fingerprint density at radius 2 is 2.29 bits per heavy atom. The normalized spacial score (nSPS) is 14.1. The van der Waals surface area contributed by atoms with E-state index in [-0.39, 0.29) is 18.4 Å². The SMILES string of the molecule is CCC(C)C(O)CNC(=O)c1cccc(Br)n1. The molecule has 1 amide bonds.